The van der Waals surface area contributed by atoms with E-state index in [-0.39, 0.29) is 18.1 Å². The Bertz CT molecular complexity index is 731. The van der Waals surface area contributed by atoms with Crippen LogP contribution in [-0.4, -0.2) is 25.2 Å². The maximum absolute atomic E-state index is 12.6. The van der Waals surface area contributed by atoms with Gasteiger partial charge in [-0.3, -0.25) is 4.79 Å². The highest BCUT2D eigenvalue weighted by molar-refractivity contribution is 5.82. The lowest BCUT2D eigenvalue weighted by molar-refractivity contribution is -0.134. The van der Waals surface area contributed by atoms with Crippen LogP contribution in [0, 0.1) is 0 Å². The molecule has 2 aromatic rings. The molecule has 0 radical (unpaired) electrons. The lowest BCUT2D eigenvalue weighted by Crippen LogP contribution is -2.49. The molecule has 1 N–H and O–H groups in total. The van der Waals surface area contributed by atoms with Crippen LogP contribution in [-0.2, 0) is 4.79 Å². The summed E-state index contributed by atoms with van der Waals surface area (Å²) in [6, 6.07) is 14.8. The van der Waals surface area contributed by atoms with E-state index in [0.717, 1.165) is 11.3 Å². The molecule has 2 aromatic carbocycles. The third-order valence-electron chi connectivity index (χ3n) is 4.06. The second kappa shape index (κ2) is 6.83. The Kier molecular flexibility index (Phi) is 4.60. The molecule has 126 valence electrons. The van der Waals surface area contributed by atoms with Crippen LogP contribution in [0.25, 0.3) is 0 Å². The SMILES string of the molecule is COc1ccccc1C(C)NC(=O)C1Oc2ccccc2OC1C. The predicted octanol–water partition coefficient (Wildman–Crippen LogP) is 3.10. The third-order valence-corrected chi connectivity index (χ3v) is 4.06. The minimum atomic E-state index is -0.697. The van der Waals surface area contributed by atoms with Gasteiger partial charge in [-0.25, -0.2) is 0 Å². The van der Waals surface area contributed by atoms with Crippen molar-refractivity contribution in [2.24, 2.45) is 0 Å². The molecule has 1 aliphatic rings. The Labute approximate surface area is 141 Å². The summed E-state index contributed by atoms with van der Waals surface area (Å²) in [5.74, 6) is 1.77. The van der Waals surface area contributed by atoms with Crippen LogP contribution >= 0.6 is 0 Å². The zero-order chi connectivity index (χ0) is 17.1. The highest BCUT2D eigenvalue weighted by Gasteiger charge is 2.34. The fraction of sp³-hybridized carbons (Fsp3) is 0.316. The van der Waals surface area contributed by atoms with Gasteiger partial charge in [-0.1, -0.05) is 30.3 Å². The lowest BCUT2D eigenvalue weighted by atomic mass is 10.1. The van der Waals surface area contributed by atoms with Crippen LogP contribution in [0.15, 0.2) is 48.5 Å². The van der Waals surface area contributed by atoms with Crippen molar-refractivity contribution < 1.29 is 19.0 Å². The first-order valence-corrected chi connectivity index (χ1v) is 7.95. The van der Waals surface area contributed by atoms with Crippen molar-refractivity contribution in [3.63, 3.8) is 0 Å². The van der Waals surface area contributed by atoms with Crippen LogP contribution in [0.4, 0.5) is 0 Å². The van der Waals surface area contributed by atoms with Gasteiger partial charge in [-0.05, 0) is 32.0 Å². The monoisotopic (exact) mass is 327 g/mol. The van der Waals surface area contributed by atoms with E-state index in [0.29, 0.717) is 11.5 Å². The summed E-state index contributed by atoms with van der Waals surface area (Å²) in [6.07, 6.45) is -1.07. The molecule has 3 atom stereocenters. The molecule has 0 saturated carbocycles. The Morgan fingerprint density at radius 3 is 2.42 bits per heavy atom. The normalized spacial score (nSPS) is 20.1. The summed E-state index contributed by atoms with van der Waals surface area (Å²) >= 11 is 0. The number of para-hydroxylation sites is 3. The van der Waals surface area contributed by atoms with Gasteiger partial charge in [0.2, 0.25) is 6.10 Å². The van der Waals surface area contributed by atoms with E-state index in [1.165, 1.54) is 0 Å². The fourth-order valence-electron chi connectivity index (χ4n) is 2.80. The molecule has 24 heavy (non-hydrogen) atoms. The number of fused-ring (bicyclic) bond motifs is 1. The second-order valence-electron chi connectivity index (χ2n) is 5.78. The number of hydrogen-bond donors (Lipinski definition) is 1. The third kappa shape index (κ3) is 3.15. The molecular formula is C19H21NO4. The number of hydrogen-bond acceptors (Lipinski definition) is 4. The molecule has 1 aliphatic heterocycles. The molecule has 5 heteroatoms. The van der Waals surface area contributed by atoms with Crippen LogP contribution in [0.1, 0.15) is 25.5 Å². The molecule has 0 fully saturated rings. The first-order chi connectivity index (χ1) is 11.6. The fourth-order valence-corrected chi connectivity index (χ4v) is 2.80. The number of ether oxygens (including phenoxy) is 3. The van der Waals surface area contributed by atoms with Gasteiger partial charge >= 0.3 is 0 Å². The molecule has 0 saturated heterocycles. The van der Waals surface area contributed by atoms with Gasteiger partial charge in [0.15, 0.2) is 11.5 Å². The largest absolute Gasteiger partial charge is 0.496 e. The quantitative estimate of drug-likeness (QED) is 0.937. The van der Waals surface area contributed by atoms with Gasteiger partial charge < -0.3 is 19.5 Å². The van der Waals surface area contributed by atoms with Crippen molar-refractivity contribution in [1.29, 1.82) is 0 Å². The summed E-state index contributed by atoms with van der Waals surface area (Å²) in [6.45, 7) is 3.74. The zero-order valence-electron chi connectivity index (χ0n) is 14.0. The number of methoxy groups -OCH3 is 1. The van der Waals surface area contributed by atoms with Gasteiger partial charge in [-0.2, -0.15) is 0 Å². The molecule has 0 spiro atoms. The predicted molar refractivity (Wildman–Crippen MR) is 90.5 cm³/mol. The van der Waals surface area contributed by atoms with Crippen molar-refractivity contribution in [2.75, 3.05) is 7.11 Å². The molecule has 0 aliphatic carbocycles. The Hall–Kier alpha value is -2.69. The van der Waals surface area contributed by atoms with Crippen molar-refractivity contribution in [3.8, 4) is 17.2 Å². The summed E-state index contributed by atoms with van der Waals surface area (Å²) in [4.78, 5) is 12.6. The van der Waals surface area contributed by atoms with Crippen molar-refractivity contribution in [2.45, 2.75) is 32.1 Å². The number of benzene rings is 2. The highest BCUT2D eigenvalue weighted by Crippen LogP contribution is 2.33. The Morgan fingerprint density at radius 1 is 1.08 bits per heavy atom. The number of amides is 1. The van der Waals surface area contributed by atoms with Crippen LogP contribution in [0.5, 0.6) is 17.2 Å². The molecule has 3 rings (SSSR count). The molecule has 0 bridgehead atoms. The molecular weight excluding hydrogens is 306 g/mol. The average Bonchev–Trinajstić information content (AvgIpc) is 2.60. The zero-order valence-corrected chi connectivity index (χ0v) is 14.0. The minimum absolute atomic E-state index is 0.207. The summed E-state index contributed by atoms with van der Waals surface area (Å²) in [7, 11) is 1.62. The van der Waals surface area contributed by atoms with E-state index in [4.69, 9.17) is 14.2 Å². The van der Waals surface area contributed by atoms with Crippen LogP contribution in [0.2, 0.25) is 0 Å². The number of carbonyl (C=O) groups is 1. The molecule has 1 amide bonds. The molecule has 3 unspecified atom stereocenters. The number of carbonyl (C=O) groups excluding carboxylic acids is 1. The Balaban J connectivity index is 1.73. The smallest absolute Gasteiger partial charge is 0.265 e. The first-order valence-electron chi connectivity index (χ1n) is 7.95. The molecule has 1 heterocycles. The maximum Gasteiger partial charge on any atom is 0.265 e. The topological polar surface area (TPSA) is 56.8 Å². The highest BCUT2D eigenvalue weighted by atomic mass is 16.6. The van der Waals surface area contributed by atoms with Crippen LogP contribution < -0.4 is 19.5 Å². The summed E-state index contributed by atoms with van der Waals surface area (Å²) < 4.78 is 17.0. The minimum Gasteiger partial charge on any atom is -0.496 e. The molecule has 0 aromatic heterocycles. The first kappa shape index (κ1) is 16.2. The van der Waals surface area contributed by atoms with Crippen molar-refractivity contribution >= 4 is 5.91 Å². The van der Waals surface area contributed by atoms with Crippen molar-refractivity contribution in [3.05, 3.63) is 54.1 Å². The summed E-state index contributed by atoms with van der Waals surface area (Å²) in [5.41, 5.74) is 0.915. The molecule has 5 nitrogen and oxygen atoms in total. The van der Waals surface area contributed by atoms with Gasteiger partial charge in [0, 0.05) is 5.56 Å². The Morgan fingerprint density at radius 2 is 1.71 bits per heavy atom. The summed E-state index contributed by atoms with van der Waals surface area (Å²) in [5, 5.41) is 2.98. The average molecular weight is 327 g/mol. The van der Waals surface area contributed by atoms with E-state index in [2.05, 4.69) is 5.32 Å². The maximum atomic E-state index is 12.6. The number of rotatable bonds is 4. The van der Waals surface area contributed by atoms with E-state index in [1.807, 2.05) is 56.3 Å². The number of nitrogens with one attached hydrogen (secondary N) is 1. The van der Waals surface area contributed by atoms with Gasteiger partial charge in [0.05, 0.1) is 13.2 Å². The second-order valence-corrected chi connectivity index (χ2v) is 5.78. The van der Waals surface area contributed by atoms with Gasteiger partial charge in [-0.15, -0.1) is 0 Å². The van der Waals surface area contributed by atoms with E-state index in [1.54, 1.807) is 13.2 Å². The lowest BCUT2D eigenvalue weighted by Gasteiger charge is -2.31. The van der Waals surface area contributed by atoms with Crippen LogP contribution in [0.3, 0.4) is 0 Å². The van der Waals surface area contributed by atoms with Gasteiger partial charge in [0.1, 0.15) is 11.9 Å². The van der Waals surface area contributed by atoms with Crippen molar-refractivity contribution in [1.82, 2.24) is 5.32 Å². The van der Waals surface area contributed by atoms with Gasteiger partial charge in [0.25, 0.3) is 5.91 Å². The van der Waals surface area contributed by atoms with E-state index >= 15 is 0 Å². The van der Waals surface area contributed by atoms with E-state index < -0.39 is 6.10 Å². The van der Waals surface area contributed by atoms with E-state index in [9.17, 15) is 4.79 Å². The standard InChI is InChI=1S/C19H21NO4/c1-12(14-8-4-5-9-15(14)22-3)20-19(21)18-13(2)23-16-10-6-7-11-17(16)24-18/h4-13,18H,1-3H3,(H,20,21).